The van der Waals surface area contributed by atoms with Gasteiger partial charge in [0.1, 0.15) is 11.5 Å². The minimum Gasteiger partial charge on any atom is -0.338 e. The Bertz CT molecular complexity index is 671. The van der Waals surface area contributed by atoms with Crippen LogP contribution in [0.1, 0.15) is 30.0 Å². The summed E-state index contributed by atoms with van der Waals surface area (Å²) in [4.78, 5) is 22.5. The van der Waals surface area contributed by atoms with Gasteiger partial charge in [-0.05, 0) is 45.0 Å². The van der Waals surface area contributed by atoms with Crippen LogP contribution < -0.4 is 5.32 Å². The number of nitrogens with zero attached hydrogens (tertiary/aromatic N) is 3. The summed E-state index contributed by atoms with van der Waals surface area (Å²) < 4.78 is 13.2. The van der Waals surface area contributed by atoms with E-state index >= 15 is 0 Å². The van der Waals surface area contributed by atoms with Crippen molar-refractivity contribution in [2.24, 2.45) is 0 Å². The molecule has 0 unspecified atom stereocenters. The Kier molecular flexibility index (Phi) is 5.04. The maximum absolute atomic E-state index is 13.2. The summed E-state index contributed by atoms with van der Waals surface area (Å²) in [5.41, 5.74) is 1.53. The van der Waals surface area contributed by atoms with Gasteiger partial charge in [0.15, 0.2) is 0 Å². The number of carbonyl (C=O) groups excluding carboxylic acids is 1. The maximum atomic E-state index is 13.2. The molecular formula is C16H19FN4O. The maximum Gasteiger partial charge on any atom is 0.272 e. The second-order valence-corrected chi connectivity index (χ2v) is 4.83. The molecular weight excluding hydrogens is 283 g/mol. The summed E-state index contributed by atoms with van der Waals surface area (Å²) >= 11 is 0. The first-order valence-electron chi connectivity index (χ1n) is 7.21. The monoisotopic (exact) mass is 302 g/mol. The van der Waals surface area contributed by atoms with Crippen LogP contribution in [0, 0.1) is 12.7 Å². The topological polar surface area (TPSA) is 58.1 Å². The Morgan fingerprint density at radius 2 is 1.95 bits per heavy atom. The molecule has 1 amide bonds. The Hall–Kier alpha value is -2.50. The third-order valence-corrected chi connectivity index (χ3v) is 3.20. The van der Waals surface area contributed by atoms with Crippen molar-refractivity contribution in [2.45, 2.75) is 20.8 Å². The summed E-state index contributed by atoms with van der Waals surface area (Å²) in [6.45, 7) is 6.86. The molecule has 0 bridgehead atoms. The number of hydrogen-bond donors (Lipinski definition) is 1. The lowest BCUT2D eigenvalue weighted by atomic mass is 10.3. The molecule has 0 aliphatic heterocycles. The Morgan fingerprint density at radius 1 is 1.23 bits per heavy atom. The summed E-state index contributed by atoms with van der Waals surface area (Å²) in [6, 6.07) is 7.66. The molecule has 1 aromatic heterocycles. The smallest absolute Gasteiger partial charge is 0.272 e. The summed E-state index contributed by atoms with van der Waals surface area (Å²) in [5.74, 6) is -0.212. The van der Waals surface area contributed by atoms with E-state index in [1.54, 1.807) is 30.0 Å². The van der Waals surface area contributed by atoms with E-state index in [2.05, 4.69) is 15.3 Å². The van der Waals surface area contributed by atoms with Crippen molar-refractivity contribution in [3.63, 3.8) is 0 Å². The van der Waals surface area contributed by atoms with Crippen LogP contribution in [-0.4, -0.2) is 33.9 Å². The first-order chi connectivity index (χ1) is 10.5. The van der Waals surface area contributed by atoms with Crippen LogP contribution in [0.15, 0.2) is 30.3 Å². The summed E-state index contributed by atoms with van der Waals surface area (Å²) in [5, 5.41) is 2.92. The molecule has 22 heavy (non-hydrogen) atoms. The molecule has 1 N–H and O–H groups in total. The van der Waals surface area contributed by atoms with E-state index in [9.17, 15) is 9.18 Å². The van der Waals surface area contributed by atoms with Crippen molar-refractivity contribution in [1.82, 2.24) is 14.9 Å². The molecule has 0 aliphatic carbocycles. The summed E-state index contributed by atoms with van der Waals surface area (Å²) in [7, 11) is 0. The van der Waals surface area contributed by atoms with Crippen LogP contribution in [0.4, 0.5) is 16.0 Å². The number of nitrogens with one attached hydrogen (secondary N) is 1. The molecule has 0 saturated heterocycles. The van der Waals surface area contributed by atoms with E-state index in [1.807, 2.05) is 13.8 Å². The van der Waals surface area contributed by atoms with Gasteiger partial charge in [0, 0.05) is 24.5 Å². The SMILES string of the molecule is CCN(CC)C(=O)c1cc(C)nc(Nc2cccc(F)c2)n1. The molecule has 2 aromatic rings. The van der Waals surface area contributed by atoms with E-state index in [0.717, 1.165) is 0 Å². The van der Waals surface area contributed by atoms with E-state index in [0.29, 0.717) is 30.2 Å². The van der Waals surface area contributed by atoms with Gasteiger partial charge in [-0.15, -0.1) is 0 Å². The number of anilines is 2. The van der Waals surface area contributed by atoms with Crippen molar-refractivity contribution in [1.29, 1.82) is 0 Å². The van der Waals surface area contributed by atoms with Gasteiger partial charge >= 0.3 is 0 Å². The van der Waals surface area contributed by atoms with Gasteiger partial charge in [0.2, 0.25) is 5.95 Å². The van der Waals surface area contributed by atoms with Gasteiger partial charge in [-0.25, -0.2) is 14.4 Å². The van der Waals surface area contributed by atoms with Gasteiger partial charge in [0.25, 0.3) is 5.91 Å². The number of amides is 1. The van der Waals surface area contributed by atoms with Gasteiger partial charge in [-0.1, -0.05) is 6.07 Å². The molecule has 0 spiro atoms. The fourth-order valence-electron chi connectivity index (χ4n) is 2.10. The number of halogens is 1. The largest absolute Gasteiger partial charge is 0.338 e. The fraction of sp³-hybridized carbons (Fsp3) is 0.312. The van der Waals surface area contributed by atoms with Gasteiger partial charge in [-0.3, -0.25) is 4.79 Å². The first-order valence-corrected chi connectivity index (χ1v) is 7.21. The quantitative estimate of drug-likeness (QED) is 0.921. The van der Waals surface area contributed by atoms with Crippen molar-refractivity contribution in [3.8, 4) is 0 Å². The lowest BCUT2D eigenvalue weighted by Gasteiger charge is -2.18. The van der Waals surface area contributed by atoms with E-state index in [1.165, 1.54) is 12.1 Å². The zero-order valence-electron chi connectivity index (χ0n) is 12.9. The number of benzene rings is 1. The third-order valence-electron chi connectivity index (χ3n) is 3.20. The van der Waals surface area contributed by atoms with Gasteiger partial charge in [-0.2, -0.15) is 0 Å². The molecule has 0 aliphatic rings. The highest BCUT2D eigenvalue weighted by Crippen LogP contribution is 2.15. The van der Waals surface area contributed by atoms with Crippen LogP contribution in [0.5, 0.6) is 0 Å². The second kappa shape index (κ2) is 6.98. The lowest BCUT2D eigenvalue weighted by molar-refractivity contribution is 0.0767. The van der Waals surface area contributed by atoms with Crippen LogP contribution >= 0.6 is 0 Å². The lowest BCUT2D eigenvalue weighted by Crippen LogP contribution is -2.31. The van der Waals surface area contributed by atoms with Gasteiger partial charge < -0.3 is 10.2 Å². The van der Waals surface area contributed by atoms with Crippen LogP contribution in [0.2, 0.25) is 0 Å². The van der Waals surface area contributed by atoms with Crippen LogP contribution in [0.3, 0.4) is 0 Å². The predicted octanol–water partition coefficient (Wildman–Crippen LogP) is 3.15. The average Bonchev–Trinajstić information content (AvgIpc) is 2.47. The molecule has 116 valence electrons. The zero-order valence-corrected chi connectivity index (χ0v) is 12.9. The average molecular weight is 302 g/mol. The normalized spacial score (nSPS) is 10.4. The summed E-state index contributed by atoms with van der Waals surface area (Å²) in [6.07, 6.45) is 0. The molecule has 0 radical (unpaired) electrons. The van der Waals surface area contributed by atoms with Crippen molar-refractivity contribution < 1.29 is 9.18 Å². The molecule has 1 aromatic carbocycles. The zero-order chi connectivity index (χ0) is 16.1. The molecule has 0 atom stereocenters. The standard InChI is InChI=1S/C16H19FN4O/c1-4-21(5-2)15(22)14-9-11(3)18-16(20-14)19-13-8-6-7-12(17)10-13/h6-10H,4-5H2,1-3H3,(H,18,19,20). The van der Waals surface area contributed by atoms with E-state index in [4.69, 9.17) is 0 Å². The van der Waals surface area contributed by atoms with Gasteiger partial charge in [0.05, 0.1) is 0 Å². The second-order valence-electron chi connectivity index (χ2n) is 4.83. The fourth-order valence-corrected chi connectivity index (χ4v) is 2.10. The van der Waals surface area contributed by atoms with E-state index < -0.39 is 0 Å². The molecule has 5 nitrogen and oxygen atoms in total. The Morgan fingerprint density at radius 3 is 2.59 bits per heavy atom. The third kappa shape index (κ3) is 3.78. The number of aryl methyl sites for hydroxylation is 1. The minimum absolute atomic E-state index is 0.141. The Balaban J connectivity index is 2.28. The number of aromatic nitrogens is 2. The van der Waals surface area contributed by atoms with Crippen LogP contribution in [0.25, 0.3) is 0 Å². The first kappa shape index (κ1) is 15.9. The number of carbonyl (C=O) groups is 1. The van der Waals surface area contributed by atoms with E-state index in [-0.39, 0.29) is 17.7 Å². The predicted molar refractivity (Wildman–Crippen MR) is 83.7 cm³/mol. The molecule has 1 heterocycles. The number of rotatable bonds is 5. The minimum atomic E-state index is -0.350. The molecule has 2 rings (SSSR count). The Labute approximate surface area is 129 Å². The molecule has 0 fully saturated rings. The van der Waals surface area contributed by atoms with Crippen molar-refractivity contribution in [3.05, 3.63) is 47.5 Å². The highest BCUT2D eigenvalue weighted by molar-refractivity contribution is 5.92. The molecule has 6 heteroatoms. The van der Waals surface area contributed by atoms with Crippen molar-refractivity contribution in [2.75, 3.05) is 18.4 Å². The highest BCUT2D eigenvalue weighted by Gasteiger charge is 2.16. The highest BCUT2D eigenvalue weighted by atomic mass is 19.1. The van der Waals surface area contributed by atoms with Crippen molar-refractivity contribution >= 4 is 17.5 Å². The number of hydrogen-bond acceptors (Lipinski definition) is 4. The molecule has 0 saturated carbocycles. The van der Waals surface area contributed by atoms with Crippen LogP contribution in [-0.2, 0) is 0 Å².